The standard InChI is InChI=1S/C11H15ClN4O2/c1-7(10(13)15-18)16(2)11(17)14-9-5-3-8(12)4-6-9/h3-7,18H,1-2H3,(H2,13,15)(H,14,17). The SMILES string of the molecule is CC(C(N)=NO)N(C)C(=O)Nc1ccc(Cl)cc1. The van der Waals surface area contributed by atoms with E-state index in [0.29, 0.717) is 10.7 Å². The number of likely N-dealkylation sites (N-methyl/N-ethyl adjacent to an activating group) is 1. The molecule has 0 fully saturated rings. The van der Waals surface area contributed by atoms with Crippen LogP contribution in [0.25, 0.3) is 0 Å². The van der Waals surface area contributed by atoms with Crippen LogP contribution in [0.5, 0.6) is 0 Å². The van der Waals surface area contributed by atoms with Gasteiger partial charge < -0.3 is 21.2 Å². The molecule has 0 aliphatic rings. The summed E-state index contributed by atoms with van der Waals surface area (Å²) in [6, 6.07) is 5.83. The molecule has 4 N–H and O–H groups in total. The highest BCUT2D eigenvalue weighted by Crippen LogP contribution is 2.14. The average Bonchev–Trinajstić information content (AvgIpc) is 2.38. The average molecular weight is 271 g/mol. The Hall–Kier alpha value is -1.95. The largest absolute Gasteiger partial charge is 0.409 e. The molecular weight excluding hydrogens is 256 g/mol. The number of benzene rings is 1. The number of amidine groups is 1. The van der Waals surface area contributed by atoms with E-state index in [2.05, 4.69) is 10.5 Å². The van der Waals surface area contributed by atoms with Gasteiger partial charge in [-0.25, -0.2) is 4.79 Å². The fraction of sp³-hybridized carbons (Fsp3) is 0.273. The van der Waals surface area contributed by atoms with Crippen LogP contribution >= 0.6 is 11.6 Å². The second-order valence-corrected chi connectivity index (χ2v) is 4.19. The lowest BCUT2D eigenvalue weighted by molar-refractivity contribution is 0.217. The predicted molar refractivity (Wildman–Crippen MR) is 71.1 cm³/mol. The Labute approximate surface area is 110 Å². The highest BCUT2D eigenvalue weighted by Gasteiger charge is 2.19. The summed E-state index contributed by atoms with van der Waals surface area (Å²) < 4.78 is 0. The van der Waals surface area contributed by atoms with Crippen molar-refractivity contribution in [2.45, 2.75) is 13.0 Å². The molecule has 7 heteroatoms. The molecule has 1 aromatic carbocycles. The first kappa shape index (κ1) is 14.1. The second-order valence-electron chi connectivity index (χ2n) is 3.75. The summed E-state index contributed by atoms with van der Waals surface area (Å²) in [6.45, 7) is 1.65. The third-order valence-electron chi connectivity index (χ3n) is 2.54. The van der Waals surface area contributed by atoms with Gasteiger partial charge in [-0.05, 0) is 31.2 Å². The minimum Gasteiger partial charge on any atom is -0.409 e. The van der Waals surface area contributed by atoms with E-state index < -0.39 is 6.04 Å². The number of halogens is 1. The van der Waals surface area contributed by atoms with E-state index >= 15 is 0 Å². The first-order valence-corrected chi connectivity index (χ1v) is 5.60. The molecule has 0 aromatic heterocycles. The molecule has 0 heterocycles. The molecule has 2 amide bonds. The lowest BCUT2D eigenvalue weighted by atomic mass is 10.3. The van der Waals surface area contributed by atoms with Gasteiger partial charge in [0.05, 0.1) is 6.04 Å². The molecule has 0 aliphatic heterocycles. The van der Waals surface area contributed by atoms with Crippen molar-refractivity contribution in [1.82, 2.24) is 4.90 Å². The summed E-state index contributed by atoms with van der Waals surface area (Å²) in [5.41, 5.74) is 6.04. The van der Waals surface area contributed by atoms with Crippen molar-refractivity contribution in [3.05, 3.63) is 29.3 Å². The molecule has 1 atom stereocenters. The minimum absolute atomic E-state index is 0.0382. The van der Waals surface area contributed by atoms with Gasteiger partial charge in [0.15, 0.2) is 5.84 Å². The molecule has 1 rings (SSSR count). The van der Waals surface area contributed by atoms with Gasteiger partial charge in [0.1, 0.15) is 0 Å². The number of amides is 2. The van der Waals surface area contributed by atoms with Gasteiger partial charge in [-0.3, -0.25) is 0 Å². The predicted octanol–water partition coefficient (Wildman–Crippen LogP) is 1.94. The molecular formula is C11H15ClN4O2. The Morgan fingerprint density at radius 2 is 2.06 bits per heavy atom. The van der Waals surface area contributed by atoms with E-state index in [1.165, 1.54) is 4.90 Å². The number of rotatable bonds is 3. The van der Waals surface area contributed by atoms with Crippen LogP contribution in [0.4, 0.5) is 10.5 Å². The van der Waals surface area contributed by atoms with Crippen molar-refractivity contribution in [3.63, 3.8) is 0 Å². The maximum atomic E-state index is 11.8. The number of nitrogens with one attached hydrogen (secondary N) is 1. The Balaban J connectivity index is 2.68. The Kier molecular flexibility index (Phi) is 4.79. The Morgan fingerprint density at radius 1 is 1.50 bits per heavy atom. The maximum Gasteiger partial charge on any atom is 0.322 e. The quantitative estimate of drug-likeness (QED) is 0.339. The summed E-state index contributed by atoms with van der Waals surface area (Å²) in [5.74, 6) is -0.0382. The monoisotopic (exact) mass is 270 g/mol. The van der Waals surface area contributed by atoms with Gasteiger partial charge in [0, 0.05) is 17.8 Å². The summed E-state index contributed by atoms with van der Waals surface area (Å²) in [5, 5.41) is 14.7. The molecule has 1 aromatic rings. The zero-order chi connectivity index (χ0) is 13.7. The second kappa shape index (κ2) is 6.11. The third kappa shape index (κ3) is 3.53. The highest BCUT2D eigenvalue weighted by atomic mass is 35.5. The van der Waals surface area contributed by atoms with Gasteiger partial charge >= 0.3 is 6.03 Å². The van der Waals surface area contributed by atoms with Crippen LogP contribution in [0.15, 0.2) is 29.4 Å². The number of nitrogens with two attached hydrogens (primary N) is 1. The summed E-state index contributed by atoms with van der Waals surface area (Å²) in [6.07, 6.45) is 0. The number of carbonyl (C=O) groups excluding carboxylic acids is 1. The molecule has 18 heavy (non-hydrogen) atoms. The molecule has 0 saturated heterocycles. The van der Waals surface area contributed by atoms with Crippen molar-refractivity contribution in [1.29, 1.82) is 0 Å². The number of hydrogen-bond donors (Lipinski definition) is 3. The van der Waals surface area contributed by atoms with E-state index in [1.54, 1.807) is 38.2 Å². The summed E-state index contributed by atoms with van der Waals surface area (Å²) in [7, 11) is 1.55. The molecule has 98 valence electrons. The van der Waals surface area contributed by atoms with E-state index in [4.69, 9.17) is 22.5 Å². The van der Waals surface area contributed by atoms with Gasteiger partial charge in [-0.1, -0.05) is 16.8 Å². The summed E-state index contributed by atoms with van der Waals surface area (Å²) in [4.78, 5) is 13.2. The fourth-order valence-electron chi connectivity index (χ4n) is 1.20. The first-order chi connectivity index (χ1) is 8.45. The topological polar surface area (TPSA) is 91.0 Å². The van der Waals surface area contributed by atoms with Gasteiger partial charge in [-0.15, -0.1) is 0 Å². The van der Waals surface area contributed by atoms with Crippen molar-refractivity contribution < 1.29 is 10.0 Å². The van der Waals surface area contributed by atoms with Crippen LogP contribution in [-0.4, -0.2) is 35.1 Å². The van der Waals surface area contributed by atoms with Crippen molar-refractivity contribution in [2.75, 3.05) is 12.4 Å². The number of urea groups is 1. The highest BCUT2D eigenvalue weighted by molar-refractivity contribution is 6.30. The third-order valence-corrected chi connectivity index (χ3v) is 2.79. The maximum absolute atomic E-state index is 11.8. The number of nitrogens with zero attached hydrogens (tertiary/aromatic N) is 2. The number of oxime groups is 1. The zero-order valence-electron chi connectivity index (χ0n) is 10.1. The van der Waals surface area contributed by atoms with Crippen LogP contribution in [0.3, 0.4) is 0 Å². The first-order valence-electron chi connectivity index (χ1n) is 5.22. The summed E-state index contributed by atoms with van der Waals surface area (Å²) >= 11 is 5.74. The lowest BCUT2D eigenvalue weighted by Gasteiger charge is -2.24. The smallest absolute Gasteiger partial charge is 0.322 e. The lowest BCUT2D eigenvalue weighted by Crippen LogP contribution is -2.45. The van der Waals surface area contributed by atoms with Gasteiger partial charge in [0.25, 0.3) is 0 Å². The van der Waals surface area contributed by atoms with Crippen molar-refractivity contribution in [3.8, 4) is 0 Å². The number of anilines is 1. The van der Waals surface area contributed by atoms with Crippen LogP contribution in [0, 0.1) is 0 Å². The van der Waals surface area contributed by atoms with E-state index in [0.717, 1.165) is 0 Å². The molecule has 0 radical (unpaired) electrons. The number of carbonyl (C=O) groups is 1. The molecule has 0 aliphatic carbocycles. The molecule has 0 spiro atoms. The molecule has 6 nitrogen and oxygen atoms in total. The molecule has 0 bridgehead atoms. The number of hydrogen-bond acceptors (Lipinski definition) is 3. The van der Waals surface area contributed by atoms with Gasteiger partial charge in [-0.2, -0.15) is 0 Å². The minimum atomic E-state index is -0.512. The zero-order valence-corrected chi connectivity index (χ0v) is 10.8. The van der Waals surface area contributed by atoms with E-state index in [1.807, 2.05) is 0 Å². The Bertz CT molecular complexity index is 447. The Morgan fingerprint density at radius 3 is 2.56 bits per heavy atom. The van der Waals surface area contributed by atoms with Crippen molar-refractivity contribution >= 4 is 29.2 Å². The van der Waals surface area contributed by atoms with Crippen LogP contribution < -0.4 is 11.1 Å². The van der Waals surface area contributed by atoms with E-state index in [-0.39, 0.29) is 11.9 Å². The molecule has 1 unspecified atom stereocenters. The van der Waals surface area contributed by atoms with Gasteiger partial charge in [0.2, 0.25) is 0 Å². The molecule has 0 saturated carbocycles. The normalized spacial score (nSPS) is 12.9. The van der Waals surface area contributed by atoms with Crippen LogP contribution in [0.1, 0.15) is 6.92 Å². The van der Waals surface area contributed by atoms with Crippen LogP contribution in [0.2, 0.25) is 5.02 Å². The fourth-order valence-corrected chi connectivity index (χ4v) is 1.33. The van der Waals surface area contributed by atoms with Crippen molar-refractivity contribution in [2.24, 2.45) is 10.9 Å². The van der Waals surface area contributed by atoms with E-state index in [9.17, 15) is 4.79 Å². The van der Waals surface area contributed by atoms with Crippen LogP contribution in [-0.2, 0) is 0 Å².